The van der Waals surface area contributed by atoms with Gasteiger partial charge in [0.05, 0.1) is 9.79 Å². The molecule has 0 saturated heterocycles. The lowest BCUT2D eigenvalue weighted by molar-refractivity contribution is 0.597. The van der Waals surface area contributed by atoms with Gasteiger partial charge in [0.1, 0.15) is 5.82 Å². The Kier molecular flexibility index (Phi) is 4.02. The maximum Gasteiger partial charge on any atom is 0.261 e. The number of halogens is 1. The predicted octanol–water partition coefficient (Wildman–Crippen LogP) is 2.03. The molecular weight excluding hydrogens is 317 g/mol. The lowest BCUT2D eigenvalue weighted by atomic mass is 10.3. The topological polar surface area (TPSA) is 80.3 Å². The number of anilines is 1. The van der Waals surface area contributed by atoms with Crippen LogP contribution >= 0.6 is 0 Å². The molecule has 0 aromatic heterocycles. The standard InChI is InChI=1S/C13H12FNO4S2/c1-20(16,17)12-6-8-13(9-7-12)21(18,19)15-11-4-2-10(14)3-5-11/h2-9,15H,1H3. The molecule has 0 radical (unpaired) electrons. The molecular formula is C13H12FNO4S2. The molecule has 112 valence electrons. The first-order chi connectivity index (χ1) is 9.68. The average molecular weight is 329 g/mol. The van der Waals surface area contributed by atoms with E-state index < -0.39 is 25.7 Å². The molecule has 0 heterocycles. The second-order valence-electron chi connectivity index (χ2n) is 4.36. The minimum atomic E-state index is -3.86. The van der Waals surface area contributed by atoms with Gasteiger partial charge < -0.3 is 0 Å². The summed E-state index contributed by atoms with van der Waals surface area (Å²) < 4.78 is 61.9. The van der Waals surface area contributed by atoms with Gasteiger partial charge in [-0.1, -0.05) is 0 Å². The molecule has 0 fully saturated rings. The second-order valence-corrected chi connectivity index (χ2v) is 8.05. The quantitative estimate of drug-likeness (QED) is 0.931. The first-order valence-electron chi connectivity index (χ1n) is 5.77. The van der Waals surface area contributed by atoms with E-state index in [2.05, 4.69) is 4.72 Å². The van der Waals surface area contributed by atoms with Gasteiger partial charge in [-0.05, 0) is 48.5 Å². The van der Waals surface area contributed by atoms with Gasteiger partial charge in [0.25, 0.3) is 10.0 Å². The molecule has 21 heavy (non-hydrogen) atoms. The second kappa shape index (κ2) is 5.45. The van der Waals surface area contributed by atoms with Crippen LogP contribution in [0.25, 0.3) is 0 Å². The molecule has 0 aliphatic rings. The Morgan fingerprint density at radius 3 is 1.76 bits per heavy atom. The van der Waals surface area contributed by atoms with Crippen LogP contribution < -0.4 is 4.72 Å². The molecule has 2 rings (SSSR count). The summed E-state index contributed by atoms with van der Waals surface area (Å²) in [5, 5.41) is 0. The third kappa shape index (κ3) is 3.79. The summed E-state index contributed by atoms with van der Waals surface area (Å²) in [7, 11) is -7.24. The lowest BCUT2D eigenvalue weighted by Crippen LogP contribution is -2.13. The van der Waals surface area contributed by atoms with Gasteiger partial charge in [0.15, 0.2) is 9.84 Å². The third-order valence-corrected chi connectivity index (χ3v) is 5.18. The van der Waals surface area contributed by atoms with Gasteiger partial charge in [0, 0.05) is 11.9 Å². The van der Waals surface area contributed by atoms with Crippen molar-refractivity contribution in [2.24, 2.45) is 0 Å². The van der Waals surface area contributed by atoms with Gasteiger partial charge >= 0.3 is 0 Å². The van der Waals surface area contributed by atoms with Gasteiger partial charge in [-0.3, -0.25) is 4.72 Å². The zero-order chi connectivity index (χ0) is 15.7. The minimum Gasteiger partial charge on any atom is -0.280 e. The van der Waals surface area contributed by atoms with E-state index in [0.29, 0.717) is 0 Å². The van der Waals surface area contributed by atoms with Crippen molar-refractivity contribution >= 4 is 25.5 Å². The Morgan fingerprint density at radius 2 is 1.29 bits per heavy atom. The van der Waals surface area contributed by atoms with Crippen molar-refractivity contribution in [3.63, 3.8) is 0 Å². The Bertz CT molecular complexity index is 842. The van der Waals surface area contributed by atoms with Crippen LogP contribution in [-0.2, 0) is 19.9 Å². The number of benzene rings is 2. The summed E-state index contributed by atoms with van der Waals surface area (Å²) in [5.74, 6) is -0.476. The highest BCUT2D eigenvalue weighted by atomic mass is 32.2. The van der Waals surface area contributed by atoms with Crippen LogP contribution in [0.2, 0.25) is 0 Å². The highest BCUT2D eigenvalue weighted by Crippen LogP contribution is 2.18. The molecule has 0 spiro atoms. The summed E-state index contributed by atoms with van der Waals surface area (Å²) in [6.45, 7) is 0. The Balaban J connectivity index is 2.29. The molecule has 0 saturated carbocycles. The van der Waals surface area contributed by atoms with Crippen LogP contribution in [0.3, 0.4) is 0 Å². The number of nitrogens with one attached hydrogen (secondary N) is 1. The Hall–Kier alpha value is -1.93. The third-order valence-electron chi connectivity index (χ3n) is 2.66. The maximum atomic E-state index is 12.8. The number of rotatable bonds is 4. The van der Waals surface area contributed by atoms with Gasteiger partial charge in [-0.25, -0.2) is 21.2 Å². The van der Waals surface area contributed by atoms with E-state index in [0.717, 1.165) is 18.4 Å². The van der Waals surface area contributed by atoms with Gasteiger partial charge in [0.2, 0.25) is 0 Å². The fourth-order valence-electron chi connectivity index (χ4n) is 1.60. The number of hydrogen-bond donors (Lipinski definition) is 1. The summed E-state index contributed by atoms with van der Waals surface area (Å²) in [6.07, 6.45) is 1.03. The van der Waals surface area contributed by atoms with E-state index in [1.165, 1.54) is 36.4 Å². The number of hydrogen-bond acceptors (Lipinski definition) is 4. The van der Waals surface area contributed by atoms with E-state index in [4.69, 9.17) is 0 Å². The van der Waals surface area contributed by atoms with Crippen molar-refractivity contribution in [2.75, 3.05) is 11.0 Å². The van der Waals surface area contributed by atoms with Crippen LogP contribution in [-0.4, -0.2) is 23.1 Å². The number of sulfone groups is 1. The molecule has 0 bridgehead atoms. The van der Waals surface area contributed by atoms with Crippen LogP contribution in [0, 0.1) is 5.82 Å². The number of sulfonamides is 1. The normalized spacial score (nSPS) is 12.1. The Labute approximate surface area is 122 Å². The highest BCUT2D eigenvalue weighted by molar-refractivity contribution is 7.92. The van der Waals surface area contributed by atoms with Crippen LogP contribution in [0.15, 0.2) is 58.3 Å². The molecule has 0 aliphatic carbocycles. The molecule has 0 atom stereocenters. The van der Waals surface area contributed by atoms with Crippen molar-refractivity contribution in [3.05, 3.63) is 54.3 Å². The molecule has 2 aromatic carbocycles. The smallest absolute Gasteiger partial charge is 0.261 e. The van der Waals surface area contributed by atoms with Crippen LogP contribution in [0.1, 0.15) is 0 Å². The fraction of sp³-hybridized carbons (Fsp3) is 0.0769. The van der Waals surface area contributed by atoms with E-state index in [-0.39, 0.29) is 15.5 Å². The van der Waals surface area contributed by atoms with Crippen molar-refractivity contribution in [1.82, 2.24) is 0 Å². The van der Waals surface area contributed by atoms with E-state index in [1.807, 2.05) is 0 Å². The molecule has 2 aromatic rings. The van der Waals surface area contributed by atoms with Crippen molar-refractivity contribution in [3.8, 4) is 0 Å². The molecule has 0 unspecified atom stereocenters. The predicted molar refractivity (Wildman–Crippen MR) is 76.8 cm³/mol. The van der Waals surface area contributed by atoms with E-state index in [1.54, 1.807) is 0 Å². The lowest BCUT2D eigenvalue weighted by Gasteiger charge is -2.08. The summed E-state index contributed by atoms with van der Waals surface area (Å²) in [6, 6.07) is 9.67. The zero-order valence-corrected chi connectivity index (χ0v) is 12.6. The van der Waals surface area contributed by atoms with Crippen molar-refractivity contribution in [1.29, 1.82) is 0 Å². The highest BCUT2D eigenvalue weighted by Gasteiger charge is 2.15. The summed E-state index contributed by atoms with van der Waals surface area (Å²) >= 11 is 0. The molecule has 5 nitrogen and oxygen atoms in total. The summed E-state index contributed by atoms with van der Waals surface area (Å²) in [5.41, 5.74) is 0.212. The van der Waals surface area contributed by atoms with Crippen LogP contribution in [0.4, 0.5) is 10.1 Å². The molecule has 0 amide bonds. The zero-order valence-electron chi connectivity index (χ0n) is 10.9. The molecule has 0 aliphatic heterocycles. The first-order valence-corrected chi connectivity index (χ1v) is 9.14. The van der Waals surface area contributed by atoms with Crippen LogP contribution in [0.5, 0.6) is 0 Å². The van der Waals surface area contributed by atoms with E-state index >= 15 is 0 Å². The largest absolute Gasteiger partial charge is 0.280 e. The van der Waals surface area contributed by atoms with E-state index in [9.17, 15) is 21.2 Å². The molecule has 8 heteroatoms. The average Bonchev–Trinajstić information content (AvgIpc) is 2.40. The van der Waals surface area contributed by atoms with Crippen molar-refractivity contribution < 1.29 is 21.2 Å². The first kappa shape index (κ1) is 15.5. The minimum absolute atomic E-state index is 0.0308. The monoisotopic (exact) mass is 329 g/mol. The van der Waals surface area contributed by atoms with Gasteiger partial charge in [-0.15, -0.1) is 0 Å². The SMILES string of the molecule is CS(=O)(=O)c1ccc(S(=O)(=O)Nc2ccc(F)cc2)cc1. The summed E-state index contributed by atoms with van der Waals surface area (Å²) in [4.78, 5) is -0.0533. The maximum absolute atomic E-state index is 12.8. The molecule has 1 N–H and O–H groups in total. The Morgan fingerprint density at radius 1 is 0.810 bits per heavy atom. The van der Waals surface area contributed by atoms with Gasteiger partial charge in [-0.2, -0.15) is 0 Å². The van der Waals surface area contributed by atoms with Crippen molar-refractivity contribution in [2.45, 2.75) is 9.79 Å². The fourth-order valence-corrected chi connectivity index (χ4v) is 3.29.